The Morgan fingerprint density at radius 3 is 2.77 bits per heavy atom. The van der Waals surface area contributed by atoms with Crippen molar-refractivity contribution in [3.8, 4) is 6.07 Å². The van der Waals surface area contributed by atoms with E-state index in [0.29, 0.717) is 16.8 Å². The Morgan fingerprint density at radius 2 is 2.18 bits per heavy atom. The summed E-state index contributed by atoms with van der Waals surface area (Å²) in [5.74, 6) is -0.714. The third-order valence-electron chi connectivity index (χ3n) is 3.14. The molecule has 0 spiro atoms. The minimum absolute atomic E-state index is 0.00234. The number of nitrogens with one attached hydrogen (secondary N) is 1. The van der Waals surface area contributed by atoms with Crippen LogP contribution in [0.4, 0.5) is 0 Å². The zero-order valence-electron chi connectivity index (χ0n) is 12.5. The molecule has 8 nitrogen and oxygen atoms in total. The molecule has 0 amide bonds. The minimum Gasteiger partial charge on any atom is -0.461 e. The van der Waals surface area contributed by atoms with E-state index in [2.05, 4.69) is 15.1 Å². The topological polar surface area (TPSA) is 114 Å². The van der Waals surface area contributed by atoms with Gasteiger partial charge >= 0.3 is 5.97 Å². The van der Waals surface area contributed by atoms with Gasteiger partial charge in [-0.1, -0.05) is 0 Å². The number of nitrogens with zero attached hydrogens (tertiary/aromatic N) is 4. The maximum atomic E-state index is 12.4. The number of carbonyl (C=O) groups is 2. The molecule has 2 heterocycles. The number of rotatable bonds is 5. The van der Waals surface area contributed by atoms with Crippen molar-refractivity contribution >= 4 is 11.8 Å². The fraction of sp³-hybridized carbons (Fsp3) is 0.357. The number of esters is 1. The van der Waals surface area contributed by atoms with E-state index >= 15 is 0 Å². The van der Waals surface area contributed by atoms with E-state index in [9.17, 15) is 9.59 Å². The van der Waals surface area contributed by atoms with E-state index in [0.717, 1.165) is 0 Å². The maximum Gasteiger partial charge on any atom is 0.355 e. The number of Topliss-reactive ketones (excluding diaryl/α,β-unsaturated/α-hetero) is 1. The average molecular weight is 301 g/mol. The number of aromatic nitrogens is 4. The highest BCUT2D eigenvalue weighted by molar-refractivity contribution is 6.02. The van der Waals surface area contributed by atoms with Crippen LogP contribution in [0.25, 0.3) is 0 Å². The summed E-state index contributed by atoms with van der Waals surface area (Å²) >= 11 is 0. The predicted molar refractivity (Wildman–Crippen MR) is 75.3 cm³/mol. The van der Waals surface area contributed by atoms with Gasteiger partial charge in [-0.3, -0.25) is 4.79 Å². The fourth-order valence-electron chi connectivity index (χ4n) is 2.22. The fourth-order valence-corrected chi connectivity index (χ4v) is 2.22. The van der Waals surface area contributed by atoms with Crippen LogP contribution in [0.15, 0.2) is 6.33 Å². The lowest BCUT2D eigenvalue weighted by Crippen LogP contribution is -2.13. The van der Waals surface area contributed by atoms with Crippen molar-refractivity contribution in [1.29, 1.82) is 5.26 Å². The summed E-state index contributed by atoms with van der Waals surface area (Å²) in [5, 5.41) is 12.5. The lowest BCUT2D eigenvalue weighted by Gasteiger charge is -2.03. The van der Waals surface area contributed by atoms with Gasteiger partial charge in [0.25, 0.3) is 5.82 Å². The van der Waals surface area contributed by atoms with E-state index in [1.807, 2.05) is 0 Å². The number of nitriles is 1. The molecule has 0 fully saturated rings. The van der Waals surface area contributed by atoms with E-state index in [4.69, 9.17) is 10.00 Å². The van der Waals surface area contributed by atoms with E-state index < -0.39 is 5.97 Å². The highest BCUT2D eigenvalue weighted by Gasteiger charge is 2.23. The molecule has 0 aliphatic carbocycles. The van der Waals surface area contributed by atoms with Crippen molar-refractivity contribution in [2.24, 2.45) is 0 Å². The molecule has 8 heteroatoms. The van der Waals surface area contributed by atoms with Crippen LogP contribution in [0.3, 0.4) is 0 Å². The van der Waals surface area contributed by atoms with Crippen LogP contribution in [0, 0.1) is 25.2 Å². The molecule has 2 rings (SSSR count). The Kier molecular flexibility index (Phi) is 4.36. The summed E-state index contributed by atoms with van der Waals surface area (Å²) in [5.41, 5.74) is 1.84. The smallest absolute Gasteiger partial charge is 0.355 e. The molecule has 0 atom stereocenters. The Morgan fingerprint density at radius 1 is 1.45 bits per heavy atom. The molecule has 22 heavy (non-hydrogen) atoms. The van der Waals surface area contributed by atoms with Gasteiger partial charge in [0.05, 0.1) is 6.61 Å². The van der Waals surface area contributed by atoms with Crippen molar-refractivity contribution in [2.45, 2.75) is 27.3 Å². The Labute approximate surface area is 126 Å². The third kappa shape index (κ3) is 2.88. The number of aryl methyl sites for hydroxylation is 1. The first-order valence-electron chi connectivity index (χ1n) is 6.67. The Bertz CT molecular complexity index is 766. The van der Waals surface area contributed by atoms with Gasteiger partial charge in [0.2, 0.25) is 0 Å². The predicted octanol–water partition coefficient (Wildman–Crippen LogP) is 1.15. The van der Waals surface area contributed by atoms with E-state index in [1.54, 1.807) is 26.8 Å². The normalized spacial score (nSPS) is 10.3. The minimum atomic E-state index is -0.491. The van der Waals surface area contributed by atoms with Crippen LogP contribution >= 0.6 is 0 Å². The first-order chi connectivity index (χ1) is 10.5. The summed E-state index contributed by atoms with van der Waals surface area (Å²) in [7, 11) is 0. The second-order valence-corrected chi connectivity index (χ2v) is 4.65. The molecule has 114 valence electrons. The van der Waals surface area contributed by atoms with Crippen molar-refractivity contribution < 1.29 is 14.3 Å². The summed E-state index contributed by atoms with van der Waals surface area (Å²) in [4.78, 5) is 30.9. The number of hydrogen-bond donors (Lipinski definition) is 1. The number of ketones is 1. The van der Waals surface area contributed by atoms with Crippen molar-refractivity contribution in [3.05, 3.63) is 34.7 Å². The molecule has 2 aromatic rings. The lowest BCUT2D eigenvalue weighted by molar-refractivity contribution is 0.0519. The van der Waals surface area contributed by atoms with Gasteiger partial charge in [-0.25, -0.2) is 14.5 Å². The molecule has 1 N–H and O–H groups in total. The molecule has 0 aliphatic rings. The van der Waals surface area contributed by atoms with Gasteiger partial charge in [0.1, 0.15) is 24.6 Å². The van der Waals surface area contributed by atoms with Crippen molar-refractivity contribution in [2.75, 3.05) is 6.61 Å². The number of carbonyl (C=O) groups excluding carboxylic acids is 2. The van der Waals surface area contributed by atoms with Crippen LogP contribution in [0.1, 0.15) is 44.9 Å². The molecule has 2 aromatic heterocycles. The molecule has 0 aliphatic heterocycles. The van der Waals surface area contributed by atoms with Crippen LogP contribution in [0.5, 0.6) is 0 Å². The van der Waals surface area contributed by atoms with E-state index in [1.165, 1.54) is 11.0 Å². The molecule has 0 radical (unpaired) electrons. The summed E-state index contributed by atoms with van der Waals surface area (Å²) in [6, 6.07) is 1.79. The van der Waals surface area contributed by atoms with Gasteiger partial charge in [-0.15, -0.1) is 5.10 Å². The SMILES string of the molecule is CCOC(=O)c1[nH]c(C)c(C(=O)Cn2cnc(C#N)n2)c1C. The maximum absolute atomic E-state index is 12.4. The van der Waals surface area contributed by atoms with Crippen molar-refractivity contribution in [1.82, 2.24) is 19.7 Å². The van der Waals surface area contributed by atoms with Crippen LogP contribution in [-0.4, -0.2) is 38.1 Å². The third-order valence-corrected chi connectivity index (χ3v) is 3.14. The zero-order chi connectivity index (χ0) is 16.3. The average Bonchev–Trinajstić information content (AvgIpc) is 3.03. The van der Waals surface area contributed by atoms with Crippen LogP contribution < -0.4 is 0 Å². The summed E-state index contributed by atoms with van der Waals surface area (Å²) in [6.07, 6.45) is 1.32. The largest absolute Gasteiger partial charge is 0.461 e. The highest BCUT2D eigenvalue weighted by Crippen LogP contribution is 2.20. The van der Waals surface area contributed by atoms with Gasteiger partial charge in [0.15, 0.2) is 5.78 Å². The van der Waals surface area contributed by atoms with Gasteiger partial charge in [-0.05, 0) is 26.3 Å². The monoisotopic (exact) mass is 301 g/mol. The first-order valence-corrected chi connectivity index (χ1v) is 6.67. The standard InChI is InChI=1S/C14H15N5O3/c1-4-22-14(21)13-8(2)12(9(3)17-13)10(20)6-19-7-16-11(5-15)18-19/h7,17H,4,6H2,1-3H3. The zero-order valence-corrected chi connectivity index (χ0v) is 12.5. The molecular formula is C14H15N5O3. The van der Waals surface area contributed by atoms with Gasteiger partial charge < -0.3 is 9.72 Å². The molecule has 0 saturated heterocycles. The highest BCUT2D eigenvalue weighted by atomic mass is 16.5. The number of ether oxygens (including phenoxy) is 1. The summed E-state index contributed by atoms with van der Waals surface area (Å²) in [6.45, 7) is 5.31. The van der Waals surface area contributed by atoms with Crippen LogP contribution in [-0.2, 0) is 11.3 Å². The van der Waals surface area contributed by atoms with Crippen molar-refractivity contribution in [3.63, 3.8) is 0 Å². The van der Waals surface area contributed by atoms with Crippen LogP contribution in [0.2, 0.25) is 0 Å². The molecule has 0 aromatic carbocycles. The molecule has 0 unspecified atom stereocenters. The summed E-state index contributed by atoms with van der Waals surface area (Å²) < 4.78 is 6.24. The quantitative estimate of drug-likeness (QED) is 0.654. The lowest BCUT2D eigenvalue weighted by atomic mass is 10.1. The van der Waals surface area contributed by atoms with Gasteiger partial charge in [-0.2, -0.15) is 5.26 Å². The number of H-pyrrole nitrogens is 1. The Hall–Kier alpha value is -2.95. The Balaban J connectivity index is 2.26. The first kappa shape index (κ1) is 15.4. The molecular weight excluding hydrogens is 286 g/mol. The second-order valence-electron chi connectivity index (χ2n) is 4.65. The molecule has 0 bridgehead atoms. The van der Waals surface area contributed by atoms with Gasteiger partial charge in [0, 0.05) is 11.3 Å². The number of hydrogen-bond acceptors (Lipinski definition) is 6. The second kappa shape index (κ2) is 6.22. The van der Waals surface area contributed by atoms with E-state index in [-0.39, 0.29) is 30.5 Å². The molecule has 0 saturated carbocycles. The number of aromatic amines is 1.